The molecule has 2 rings (SSSR count). The molecule has 1 heterocycles. The summed E-state index contributed by atoms with van der Waals surface area (Å²) in [6.07, 6.45) is 13.1. The second-order valence-electron chi connectivity index (χ2n) is 5.41. The van der Waals surface area contributed by atoms with Crippen molar-refractivity contribution in [3.05, 3.63) is 45.5 Å². The highest BCUT2D eigenvalue weighted by molar-refractivity contribution is 7.94. The van der Waals surface area contributed by atoms with Gasteiger partial charge in [-0.2, -0.15) is 0 Å². The van der Waals surface area contributed by atoms with Crippen LogP contribution in [-0.4, -0.2) is 32.6 Å². The Morgan fingerprint density at radius 1 is 1.52 bits per heavy atom. The summed E-state index contributed by atoms with van der Waals surface area (Å²) in [7, 11) is -3.23. The molecule has 0 saturated carbocycles. The Bertz CT molecular complexity index is 811. The lowest BCUT2D eigenvalue weighted by Crippen LogP contribution is -2.34. The van der Waals surface area contributed by atoms with Crippen molar-refractivity contribution in [2.75, 3.05) is 6.26 Å². The van der Waals surface area contributed by atoms with Crippen LogP contribution in [0.2, 0.25) is 0 Å². The third-order valence-corrected chi connectivity index (χ3v) is 5.03. The number of aliphatic imine (C=N–C) groups is 1. The summed E-state index contributed by atoms with van der Waals surface area (Å²) in [6.45, 7) is 3.65. The van der Waals surface area contributed by atoms with Gasteiger partial charge < -0.3 is 10.6 Å². The zero-order valence-corrected chi connectivity index (χ0v) is 14.7. The lowest BCUT2D eigenvalue weighted by molar-refractivity contribution is 0.606. The predicted octanol–water partition coefficient (Wildman–Crippen LogP) is 1.82. The van der Waals surface area contributed by atoms with Gasteiger partial charge in [0.25, 0.3) is 0 Å². The maximum atomic E-state index is 11.6. The van der Waals surface area contributed by atoms with Crippen molar-refractivity contribution in [2.45, 2.75) is 25.9 Å². The van der Waals surface area contributed by atoms with E-state index in [1.54, 1.807) is 24.3 Å². The number of allylic oxidation sites excluding steroid dienone is 4. The second-order valence-corrected chi connectivity index (χ2v) is 7.83. The maximum absolute atomic E-state index is 11.6. The van der Waals surface area contributed by atoms with E-state index in [0.717, 1.165) is 11.3 Å². The highest BCUT2D eigenvalue weighted by Crippen LogP contribution is 2.24. The summed E-state index contributed by atoms with van der Waals surface area (Å²) < 4.78 is 23.3. The molecule has 0 aromatic heterocycles. The van der Waals surface area contributed by atoms with E-state index in [-0.39, 0.29) is 12.1 Å². The van der Waals surface area contributed by atoms with E-state index in [2.05, 4.69) is 21.7 Å². The first-order chi connectivity index (χ1) is 10.7. The number of terminal acetylenes is 1. The van der Waals surface area contributed by atoms with Crippen molar-refractivity contribution < 1.29 is 8.42 Å². The third-order valence-electron chi connectivity index (χ3n) is 3.51. The molecule has 122 valence electrons. The van der Waals surface area contributed by atoms with Gasteiger partial charge in [0, 0.05) is 28.6 Å². The van der Waals surface area contributed by atoms with Crippen molar-refractivity contribution in [2.24, 2.45) is 4.99 Å². The molecule has 0 spiro atoms. The monoisotopic (exact) mass is 351 g/mol. The zero-order valence-electron chi connectivity index (χ0n) is 13.1. The van der Waals surface area contributed by atoms with Gasteiger partial charge in [-0.3, -0.25) is 4.99 Å². The van der Waals surface area contributed by atoms with E-state index in [9.17, 15) is 8.42 Å². The number of nitrogens with one attached hydrogen (secondary N) is 2. The SMILES string of the molecule is C#CN/C(C)=C\C(Cl)=C(/C)C1=NC2C=CC(S(C)(=O)=O)=CC2N1. The zero-order chi connectivity index (χ0) is 17.2. The largest absolute Gasteiger partial charge is 0.361 e. The topological polar surface area (TPSA) is 70.6 Å². The summed E-state index contributed by atoms with van der Waals surface area (Å²) in [4.78, 5) is 4.84. The molecule has 2 aliphatic rings. The summed E-state index contributed by atoms with van der Waals surface area (Å²) >= 11 is 6.29. The molecule has 0 bridgehead atoms. The van der Waals surface area contributed by atoms with E-state index in [4.69, 9.17) is 18.0 Å². The van der Waals surface area contributed by atoms with Crippen molar-refractivity contribution in [3.63, 3.8) is 0 Å². The van der Waals surface area contributed by atoms with E-state index < -0.39 is 9.84 Å². The molecule has 0 amide bonds. The minimum absolute atomic E-state index is 0.135. The average molecular weight is 352 g/mol. The van der Waals surface area contributed by atoms with Crippen LogP contribution in [0.4, 0.5) is 0 Å². The molecule has 0 fully saturated rings. The molecule has 7 heteroatoms. The number of fused-ring (bicyclic) bond motifs is 1. The number of hydrogen-bond donors (Lipinski definition) is 2. The summed E-state index contributed by atoms with van der Waals surface area (Å²) in [5, 5.41) is 6.43. The average Bonchev–Trinajstić information content (AvgIpc) is 2.88. The summed E-state index contributed by atoms with van der Waals surface area (Å²) in [6, 6.07) is 2.00. The lowest BCUT2D eigenvalue weighted by Gasteiger charge is -2.17. The van der Waals surface area contributed by atoms with Gasteiger partial charge in [-0.15, -0.1) is 0 Å². The molecule has 1 aliphatic carbocycles. The smallest absolute Gasteiger partial charge is 0.175 e. The minimum atomic E-state index is -3.23. The first kappa shape index (κ1) is 17.4. The number of sulfone groups is 1. The number of halogens is 1. The van der Waals surface area contributed by atoms with Crippen LogP contribution in [0.5, 0.6) is 0 Å². The van der Waals surface area contributed by atoms with E-state index >= 15 is 0 Å². The maximum Gasteiger partial charge on any atom is 0.175 e. The lowest BCUT2D eigenvalue weighted by atomic mass is 10.1. The molecular weight excluding hydrogens is 334 g/mol. The van der Waals surface area contributed by atoms with Gasteiger partial charge in [0.1, 0.15) is 5.84 Å². The molecule has 1 aliphatic heterocycles. The molecule has 0 aromatic rings. The van der Waals surface area contributed by atoms with Gasteiger partial charge in [0.05, 0.1) is 17.0 Å². The van der Waals surface area contributed by atoms with Crippen LogP contribution >= 0.6 is 11.6 Å². The Morgan fingerprint density at radius 3 is 2.83 bits per heavy atom. The van der Waals surface area contributed by atoms with E-state index in [1.807, 2.05) is 13.8 Å². The van der Waals surface area contributed by atoms with Crippen LogP contribution in [0.15, 0.2) is 50.5 Å². The van der Waals surface area contributed by atoms with Gasteiger partial charge in [0.15, 0.2) is 9.84 Å². The van der Waals surface area contributed by atoms with Gasteiger partial charge >= 0.3 is 0 Å². The van der Waals surface area contributed by atoms with Crippen LogP contribution in [0, 0.1) is 12.5 Å². The van der Waals surface area contributed by atoms with Crippen LogP contribution in [0.25, 0.3) is 0 Å². The molecule has 0 radical (unpaired) electrons. The van der Waals surface area contributed by atoms with Gasteiger partial charge in [-0.1, -0.05) is 24.1 Å². The Balaban J connectivity index is 2.23. The van der Waals surface area contributed by atoms with Gasteiger partial charge in [-0.05, 0) is 32.1 Å². The van der Waals surface area contributed by atoms with Crippen LogP contribution in [-0.2, 0) is 9.84 Å². The van der Waals surface area contributed by atoms with Crippen LogP contribution in [0.1, 0.15) is 13.8 Å². The predicted molar refractivity (Wildman–Crippen MR) is 94.5 cm³/mol. The second kappa shape index (κ2) is 6.65. The Morgan fingerprint density at radius 2 is 2.22 bits per heavy atom. The first-order valence-corrected chi connectivity index (χ1v) is 9.20. The van der Waals surface area contributed by atoms with Crippen molar-refractivity contribution in [1.82, 2.24) is 10.6 Å². The standard InChI is InChI=1S/C16H18ClN3O2S/c1-5-18-10(2)8-13(17)11(3)16-19-14-7-6-12(23(4,21)22)9-15(14)20-16/h1,6-9,14-15,18H,2-4H3,(H,19,20)/b10-8-,13-11-. The molecular formula is C16H18ClN3O2S. The first-order valence-electron chi connectivity index (χ1n) is 6.93. The van der Waals surface area contributed by atoms with E-state index in [1.165, 1.54) is 6.26 Å². The van der Waals surface area contributed by atoms with Crippen LogP contribution < -0.4 is 10.6 Å². The quantitative estimate of drug-likeness (QED) is 0.460. The molecule has 2 N–H and O–H groups in total. The van der Waals surface area contributed by atoms with Crippen molar-refractivity contribution in [3.8, 4) is 12.5 Å². The van der Waals surface area contributed by atoms with Gasteiger partial charge in [-0.25, -0.2) is 8.42 Å². The number of rotatable bonds is 4. The summed E-state index contributed by atoms with van der Waals surface area (Å²) in [5.41, 5.74) is 1.51. The fraction of sp³-hybridized carbons (Fsp3) is 0.312. The molecule has 2 unspecified atom stereocenters. The highest BCUT2D eigenvalue weighted by Gasteiger charge is 2.30. The van der Waals surface area contributed by atoms with E-state index in [0.29, 0.717) is 15.8 Å². The minimum Gasteiger partial charge on any atom is -0.361 e. The Labute approximate surface area is 141 Å². The summed E-state index contributed by atoms with van der Waals surface area (Å²) in [5.74, 6) is 0.644. The molecule has 23 heavy (non-hydrogen) atoms. The Kier molecular flexibility index (Phi) is 5.03. The van der Waals surface area contributed by atoms with Crippen molar-refractivity contribution in [1.29, 1.82) is 0 Å². The molecule has 0 aromatic carbocycles. The fourth-order valence-corrected chi connectivity index (χ4v) is 3.23. The fourth-order valence-electron chi connectivity index (χ4n) is 2.25. The highest BCUT2D eigenvalue weighted by atomic mass is 35.5. The number of nitrogens with zero attached hydrogens (tertiary/aromatic N) is 1. The van der Waals surface area contributed by atoms with Gasteiger partial charge in [0.2, 0.25) is 0 Å². The normalized spacial score (nSPS) is 24.7. The molecule has 0 saturated heterocycles. The van der Waals surface area contributed by atoms with Crippen molar-refractivity contribution >= 4 is 27.3 Å². The number of amidine groups is 1. The third kappa shape index (κ3) is 4.06. The van der Waals surface area contributed by atoms with Crippen LogP contribution in [0.3, 0.4) is 0 Å². The Hall–Kier alpha value is -1.97. The molecule has 5 nitrogen and oxygen atoms in total. The molecule has 2 atom stereocenters. The number of hydrogen-bond acceptors (Lipinski definition) is 5.